The van der Waals surface area contributed by atoms with Crippen molar-refractivity contribution in [2.24, 2.45) is 0 Å². The van der Waals surface area contributed by atoms with E-state index >= 15 is 0 Å². The maximum Gasteiger partial charge on any atom is 0.130 e. The molecule has 0 aliphatic heterocycles. The predicted molar refractivity (Wildman–Crippen MR) is 78.6 cm³/mol. The summed E-state index contributed by atoms with van der Waals surface area (Å²) in [5.74, 6) is -0.376. The van der Waals surface area contributed by atoms with Crippen LogP contribution in [0.25, 0.3) is 0 Å². The average Bonchev–Trinajstić information content (AvgIpc) is 2.41. The van der Waals surface area contributed by atoms with Gasteiger partial charge < -0.3 is 10.0 Å². The first-order valence-electron chi connectivity index (χ1n) is 5.96. The molecule has 0 amide bonds. The number of hydrogen-bond donors (Lipinski definition) is 1. The molecule has 19 heavy (non-hydrogen) atoms. The Bertz CT molecular complexity index is 574. The van der Waals surface area contributed by atoms with Gasteiger partial charge in [0.2, 0.25) is 0 Å². The van der Waals surface area contributed by atoms with Crippen LogP contribution in [0.4, 0.5) is 10.1 Å². The smallest absolute Gasteiger partial charge is 0.130 e. The van der Waals surface area contributed by atoms with Gasteiger partial charge in [0.25, 0.3) is 0 Å². The highest BCUT2D eigenvalue weighted by atomic mass is 79.9. The van der Waals surface area contributed by atoms with Gasteiger partial charge in [0, 0.05) is 29.3 Å². The molecule has 2 aromatic carbocycles. The van der Waals surface area contributed by atoms with Gasteiger partial charge in [-0.2, -0.15) is 0 Å². The van der Waals surface area contributed by atoms with E-state index in [1.165, 1.54) is 6.07 Å². The largest absolute Gasteiger partial charge is 0.391 e. The monoisotopic (exact) mass is 323 g/mol. The maximum absolute atomic E-state index is 13.6. The summed E-state index contributed by atoms with van der Waals surface area (Å²) in [6.07, 6.45) is 0. The van der Waals surface area contributed by atoms with E-state index in [-0.39, 0.29) is 12.4 Å². The van der Waals surface area contributed by atoms with Gasteiger partial charge >= 0.3 is 0 Å². The Kier molecular flexibility index (Phi) is 4.56. The first-order chi connectivity index (χ1) is 9.13. The third-order valence-electron chi connectivity index (χ3n) is 3.03. The van der Waals surface area contributed by atoms with Crippen molar-refractivity contribution in [3.8, 4) is 0 Å². The van der Waals surface area contributed by atoms with Crippen LogP contribution in [0.5, 0.6) is 0 Å². The fourth-order valence-electron chi connectivity index (χ4n) is 2.03. The molecule has 0 saturated heterocycles. The van der Waals surface area contributed by atoms with Crippen LogP contribution in [0, 0.1) is 5.82 Å². The van der Waals surface area contributed by atoms with Crippen LogP contribution < -0.4 is 4.90 Å². The van der Waals surface area contributed by atoms with Crippen molar-refractivity contribution < 1.29 is 9.50 Å². The molecule has 0 saturated carbocycles. The van der Waals surface area contributed by atoms with Crippen molar-refractivity contribution in [2.45, 2.75) is 13.2 Å². The molecule has 0 atom stereocenters. The topological polar surface area (TPSA) is 23.5 Å². The van der Waals surface area contributed by atoms with Gasteiger partial charge in [-0.3, -0.25) is 0 Å². The molecule has 100 valence electrons. The van der Waals surface area contributed by atoms with Crippen molar-refractivity contribution in [2.75, 3.05) is 11.9 Å². The summed E-state index contributed by atoms with van der Waals surface area (Å²) in [5, 5.41) is 9.29. The second kappa shape index (κ2) is 6.17. The zero-order valence-corrected chi connectivity index (χ0v) is 12.2. The van der Waals surface area contributed by atoms with Gasteiger partial charge in [-0.1, -0.05) is 40.2 Å². The average molecular weight is 324 g/mol. The Balaban J connectivity index is 2.28. The summed E-state index contributed by atoms with van der Waals surface area (Å²) in [4.78, 5) is 1.93. The van der Waals surface area contributed by atoms with Gasteiger partial charge in [-0.15, -0.1) is 0 Å². The normalized spacial score (nSPS) is 10.5. The molecule has 2 nitrogen and oxygen atoms in total. The first-order valence-corrected chi connectivity index (χ1v) is 6.75. The SMILES string of the molecule is CN(Cc1ccccc1Br)c1cccc(F)c1CO. The Morgan fingerprint density at radius 3 is 2.58 bits per heavy atom. The summed E-state index contributed by atoms with van der Waals surface area (Å²) < 4.78 is 14.7. The fraction of sp³-hybridized carbons (Fsp3) is 0.200. The minimum Gasteiger partial charge on any atom is -0.391 e. The number of anilines is 1. The van der Waals surface area contributed by atoms with E-state index in [1.807, 2.05) is 42.3 Å². The predicted octanol–water partition coefficient (Wildman–Crippen LogP) is 3.72. The highest BCUT2D eigenvalue weighted by Crippen LogP contribution is 2.25. The van der Waals surface area contributed by atoms with E-state index in [0.29, 0.717) is 17.8 Å². The lowest BCUT2D eigenvalue weighted by Crippen LogP contribution is -2.19. The third-order valence-corrected chi connectivity index (χ3v) is 3.80. The molecule has 0 bridgehead atoms. The second-order valence-corrected chi connectivity index (χ2v) is 5.20. The Morgan fingerprint density at radius 2 is 1.89 bits per heavy atom. The van der Waals surface area contributed by atoms with E-state index in [1.54, 1.807) is 6.07 Å². The lowest BCUT2D eigenvalue weighted by molar-refractivity contribution is 0.276. The van der Waals surface area contributed by atoms with E-state index in [4.69, 9.17) is 0 Å². The minimum atomic E-state index is -0.376. The van der Waals surface area contributed by atoms with Crippen LogP contribution in [0.3, 0.4) is 0 Å². The van der Waals surface area contributed by atoms with Crippen LogP contribution in [-0.2, 0) is 13.2 Å². The van der Waals surface area contributed by atoms with Crippen molar-refractivity contribution >= 4 is 21.6 Å². The molecule has 0 aromatic heterocycles. The van der Waals surface area contributed by atoms with Gasteiger partial charge in [0.1, 0.15) is 5.82 Å². The molecule has 0 aliphatic rings. The van der Waals surface area contributed by atoms with E-state index < -0.39 is 0 Å². The Morgan fingerprint density at radius 1 is 1.16 bits per heavy atom. The van der Waals surface area contributed by atoms with Crippen molar-refractivity contribution in [1.29, 1.82) is 0 Å². The second-order valence-electron chi connectivity index (χ2n) is 4.34. The molecule has 0 aliphatic carbocycles. The molecule has 0 radical (unpaired) electrons. The molecule has 4 heteroatoms. The summed E-state index contributed by atoms with van der Waals surface area (Å²) in [6.45, 7) is 0.334. The number of halogens is 2. The standard InChI is InChI=1S/C15H15BrFNO/c1-18(9-11-5-2-3-6-13(11)16)15-8-4-7-14(17)12(15)10-19/h2-8,19H,9-10H2,1H3. The number of nitrogens with zero attached hydrogens (tertiary/aromatic N) is 1. The molecular formula is C15H15BrFNO. The number of hydrogen-bond acceptors (Lipinski definition) is 2. The minimum absolute atomic E-state index is 0.303. The molecule has 2 rings (SSSR count). The molecular weight excluding hydrogens is 309 g/mol. The summed E-state index contributed by atoms with van der Waals surface area (Å²) in [5.41, 5.74) is 2.15. The van der Waals surface area contributed by atoms with Gasteiger partial charge in [0.15, 0.2) is 0 Å². The van der Waals surface area contributed by atoms with Crippen molar-refractivity contribution in [3.05, 3.63) is 63.9 Å². The molecule has 0 heterocycles. The van der Waals surface area contributed by atoms with Crippen LogP contribution in [0.2, 0.25) is 0 Å². The lowest BCUT2D eigenvalue weighted by atomic mass is 10.1. The quantitative estimate of drug-likeness (QED) is 0.927. The van der Waals surface area contributed by atoms with E-state index in [2.05, 4.69) is 15.9 Å². The molecule has 0 spiro atoms. The Hall–Kier alpha value is -1.39. The van der Waals surface area contributed by atoms with Gasteiger partial charge in [-0.05, 0) is 23.8 Å². The van der Waals surface area contributed by atoms with Crippen LogP contribution in [-0.4, -0.2) is 12.2 Å². The summed E-state index contributed by atoms with van der Waals surface area (Å²) in [6, 6.07) is 12.7. The van der Waals surface area contributed by atoms with Crippen LogP contribution >= 0.6 is 15.9 Å². The van der Waals surface area contributed by atoms with Crippen LogP contribution in [0.1, 0.15) is 11.1 Å². The Labute approximate surface area is 120 Å². The number of benzene rings is 2. The molecule has 0 unspecified atom stereocenters. The van der Waals surface area contributed by atoms with Gasteiger partial charge in [-0.25, -0.2) is 4.39 Å². The van der Waals surface area contributed by atoms with Crippen molar-refractivity contribution in [3.63, 3.8) is 0 Å². The highest BCUT2D eigenvalue weighted by Gasteiger charge is 2.12. The lowest BCUT2D eigenvalue weighted by Gasteiger charge is -2.23. The fourth-order valence-corrected chi connectivity index (χ4v) is 2.44. The highest BCUT2D eigenvalue weighted by molar-refractivity contribution is 9.10. The first kappa shape index (κ1) is 14.0. The zero-order valence-electron chi connectivity index (χ0n) is 10.6. The molecule has 2 aromatic rings. The third kappa shape index (κ3) is 3.14. The van der Waals surface area contributed by atoms with Crippen molar-refractivity contribution in [1.82, 2.24) is 0 Å². The summed E-state index contributed by atoms with van der Waals surface area (Å²) >= 11 is 3.50. The maximum atomic E-state index is 13.6. The molecule has 0 fully saturated rings. The number of aliphatic hydroxyl groups is 1. The number of rotatable bonds is 4. The van der Waals surface area contributed by atoms with E-state index in [0.717, 1.165) is 10.0 Å². The molecule has 1 N–H and O–H groups in total. The summed E-state index contributed by atoms with van der Waals surface area (Å²) in [7, 11) is 1.88. The van der Waals surface area contributed by atoms with Gasteiger partial charge in [0.05, 0.1) is 6.61 Å². The zero-order chi connectivity index (χ0) is 13.8. The van der Waals surface area contributed by atoms with Crippen LogP contribution in [0.15, 0.2) is 46.9 Å². The van der Waals surface area contributed by atoms with E-state index in [9.17, 15) is 9.50 Å². The number of aliphatic hydroxyl groups excluding tert-OH is 1.